The molecule has 2 bridgehead atoms. The van der Waals surface area contributed by atoms with Gasteiger partial charge in [0, 0.05) is 11.6 Å². The Morgan fingerprint density at radius 3 is 2.45 bits per heavy atom. The molecule has 5 N–H and O–H groups in total. The molecule has 2 fully saturated rings. The van der Waals surface area contributed by atoms with Crippen LogP contribution in [-0.2, 0) is 4.74 Å². The molecule has 7 heteroatoms. The smallest absolute Gasteiger partial charge is 0.340 e. The van der Waals surface area contributed by atoms with Crippen LogP contribution in [0.2, 0.25) is 0 Å². The molecular formula is C33H39NO6. The van der Waals surface area contributed by atoms with Gasteiger partial charge in [-0.05, 0) is 71.9 Å². The van der Waals surface area contributed by atoms with Crippen molar-refractivity contribution in [2.24, 2.45) is 34.5 Å². The number of fused-ring (bicyclic) bond motifs is 3. The van der Waals surface area contributed by atoms with Crippen LogP contribution in [0.1, 0.15) is 44.5 Å². The van der Waals surface area contributed by atoms with Crippen molar-refractivity contribution in [2.75, 3.05) is 11.9 Å². The van der Waals surface area contributed by atoms with E-state index in [1.54, 1.807) is 31.2 Å². The molecule has 0 radical (unpaired) electrons. The van der Waals surface area contributed by atoms with Crippen LogP contribution in [0.3, 0.4) is 0 Å². The Labute approximate surface area is 235 Å². The zero-order valence-corrected chi connectivity index (χ0v) is 23.4. The number of ether oxygens (including phenoxy) is 1. The first-order chi connectivity index (χ1) is 19.0. The van der Waals surface area contributed by atoms with E-state index in [4.69, 9.17) is 4.74 Å². The van der Waals surface area contributed by atoms with Gasteiger partial charge in [-0.1, -0.05) is 63.3 Å². The van der Waals surface area contributed by atoms with Crippen molar-refractivity contribution < 1.29 is 30.0 Å². The largest absolute Gasteiger partial charge is 0.451 e. The molecule has 9 unspecified atom stereocenters. The zero-order chi connectivity index (χ0) is 28.6. The highest BCUT2D eigenvalue weighted by Gasteiger charge is 2.76. The Morgan fingerprint density at radius 1 is 1.07 bits per heavy atom. The van der Waals surface area contributed by atoms with Gasteiger partial charge >= 0.3 is 5.97 Å². The summed E-state index contributed by atoms with van der Waals surface area (Å²) >= 11 is 0. The number of aliphatic hydroxyl groups excluding tert-OH is 3. The fourth-order valence-corrected chi connectivity index (χ4v) is 8.52. The van der Waals surface area contributed by atoms with Crippen LogP contribution in [0.5, 0.6) is 0 Å². The summed E-state index contributed by atoms with van der Waals surface area (Å²) in [4.78, 5) is 13.8. The maximum atomic E-state index is 13.8. The van der Waals surface area contributed by atoms with Crippen LogP contribution in [-0.4, -0.2) is 56.9 Å². The van der Waals surface area contributed by atoms with E-state index in [0.717, 1.165) is 12.1 Å². The Hall–Kier alpha value is -2.97. The van der Waals surface area contributed by atoms with Gasteiger partial charge in [-0.25, -0.2) is 4.79 Å². The minimum Gasteiger partial charge on any atom is -0.451 e. The highest BCUT2D eigenvalue weighted by molar-refractivity contribution is 5.96. The van der Waals surface area contributed by atoms with Gasteiger partial charge < -0.3 is 30.5 Å². The molecule has 6 rings (SSSR count). The molecule has 212 valence electrons. The molecule has 2 aromatic rings. The normalized spacial score (nSPS) is 39.0. The number of hydrogen-bond acceptors (Lipinski definition) is 7. The number of benzene rings is 2. The SMILES string of the molecule is CC1=CC23C(C)CC4C(C(C=C(CO)C(O)C2(O)C1OC(=O)c1ccccc1Nc1ccccc1)C3O)C4(C)C. The van der Waals surface area contributed by atoms with Crippen molar-refractivity contribution in [3.63, 3.8) is 0 Å². The van der Waals surface area contributed by atoms with E-state index < -0.39 is 41.9 Å². The summed E-state index contributed by atoms with van der Waals surface area (Å²) in [5.41, 5.74) is -0.895. The van der Waals surface area contributed by atoms with Gasteiger partial charge in [0.2, 0.25) is 0 Å². The predicted molar refractivity (Wildman–Crippen MR) is 152 cm³/mol. The van der Waals surface area contributed by atoms with Crippen molar-refractivity contribution >= 4 is 17.3 Å². The van der Waals surface area contributed by atoms with E-state index in [-0.39, 0.29) is 34.3 Å². The topological polar surface area (TPSA) is 119 Å². The number of hydrogen-bond donors (Lipinski definition) is 5. The van der Waals surface area contributed by atoms with E-state index in [2.05, 4.69) is 19.2 Å². The third kappa shape index (κ3) is 3.61. The molecule has 9 atom stereocenters. The van der Waals surface area contributed by atoms with E-state index in [0.29, 0.717) is 17.2 Å². The van der Waals surface area contributed by atoms with Gasteiger partial charge in [-0.15, -0.1) is 0 Å². The van der Waals surface area contributed by atoms with Crippen molar-refractivity contribution in [2.45, 2.75) is 58.0 Å². The summed E-state index contributed by atoms with van der Waals surface area (Å²) in [5, 5.41) is 50.1. The van der Waals surface area contributed by atoms with Crippen molar-refractivity contribution in [1.82, 2.24) is 0 Å². The number of para-hydroxylation sites is 2. The first-order valence-corrected chi connectivity index (χ1v) is 14.2. The van der Waals surface area contributed by atoms with Crippen LogP contribution < -0.4 is 5.32 Å². The lowest BCUT2D eigenvalue weighted by atomic mass is 9.58. The molecule has 0 saturated heterocycles. The highest BCUT2D eigenvalue weighted by Crippen LogP contribution is 2.72. The standard InChI is InChI=1S/C33H39NO6/c1-18-16-32-19(2)14-24-26(31(24,3)4)23(28(32)37)15-20(17-35)27(36)33(32,39)29(18)40-30(38)22-12-8-9-13-25(22)34-21-10-6-5-7-11-21/h5-13,15-16,19,23-24,26-29,34-37,39H,14,17H2,1-4H3. The number of carbonyl (C=O) groups excluding carboxylic acids is 1. The van der Waals surface area contributed by atoms with E-state index in [9.17, 15) is 25.2 Å². The molecule has 7 nitrogen and oxygen atoms in total. The predicted octanol–water partition coefficient (Wildman–Crippen LogP) is 4.22. The van der Waals surface area contributed by atoms with Gasteiger partial charge in [-0.2, -0.15) is 0 Å². The van der Waals surface area contributed by atoms with Crippen molar-refractivity contribution in [3.8, 4) is 0 Å². The van der Waals surface area contributed by atoms with E-state index >= 15 is 0 Å². The third-order valence-corrected chi connectivity index (χ3v) is 10.6. The maximum absolute atomic E-state index is 13.8. The molecule has 4 aliphatic carbocycles. The van der Waals surface area contributed by atoms with Gasteiger partial charge in [0.15, 0.2) is 6.10 Å². The quantitative estimate of drug-likeness (QED) is 0.282. The second-order valence-electron chi connectivity index (χ2n) is 12.9. The van der Waals surface area contributed by atoms with Crippen LogP contribution in [0.25, 0.3) is 0 Å². The summed E-state index contributed by atoms with van der Waals surface area (Å²) in [6.45, 7) is 7.69. The van der Waals surface area contributed by atoms with Gasteiger partial charge in [0.1, 0.15) is 11.7 Å². The first kappa shape index (κ1) is 27.2. The summed E-state index contributed by atoms with van der Waals surface area (Å²) in [7, 11) is 0. The number of anilines is 2. The average molecular weight is 546 g/mol. The van der Waals surface area contributed by atoms with Crippen LogP contribution >= 0.6 is 0 Å². The lowest BCUT2D eigenvalue weighted by molar-refractivity contribution is -0.215. The lowest BCUT2D eigenvalue weighted by Gasteiger charge is -2.52. The minimum absolute atomic E-state index is 0.00465. The Balaban J connectivity index is 1.40. The second kappa shape index (κ2) is 9.28. The second-order valence-corrected chi connectivity index (χ2v) is 12.9. The minimum atomic E-state index is -2.07. The first-order valence-electron chi connectivity index (χ1n) is 14.2. The fraction of sp³-hybridized carbons (Fsp3) is 0.485. The highest BCUT2D eigenvalue weighted by atomic mass is 16.6. The lowest BCUT2D eigenvalue weighted by Crippen LogP contribution is -2.66. The zero-order valence-electron chi connectivity index (χ0n) is 23.4. The Bertz CT molecular complexity index is 1380. The molecule has 1 spiro atoms. The van der Waals surface area contributed by atoms with Gasteiger partial charge in [0.05, 0.1) is 29.4 Å². The molecule has 0 amide bonds. The number of esters is 1. The van der Waals surface area contributed by atoms with Crippen molar-refractivity contribution in [1.29, 1.82) is 0 Å². The summed E-state index contributed by atoms with van der Waals surface area (Å²) in [6.07, 6.45) is 0.579. The summed E-state index contributed by atoms with van der Waals surface area (Å²) in [6, 6.07) is 16.4. The average Bonchev–Trinajstić information content (AvgIpc) is 3.43. The van der Waals surface area contributed by atoms with Crippen LogP contribution in [0.15, 0.2) is 77.9 Å². The monoisotopic (exact) mass is 545 g/mol. The molecule has 2 saturated carbocycles. The maximum Gasteiger partial charge on any atom is 0.340 e. The number of aliphatic hydroxyl groups is 4. The Kier molecular flexibility index (Phi) is 6.31. The summed E-state index contributed by atoms with van der Waals surface area (Å²) in [5.74, 6) is -0.747. The number of nitrogens with one attached hydrogen (secondary N) is 1. The molecular weight excluding hydrogens is 506 g/mol. The number of rotatable bonds is 5. The van der Waals surface area contributed by atoms with Crippen LogP contribution in [0.4, 0.5) is 11.4 Å². The van der Waals surface area contributed by atoms with Gasteiger partial charge in [0.25, 0.3) is 0 Å². The third-order valence-electron chi connectivity index (χ3n) is 10.6. The van der Waals surface area contributed by atoms with Crippen LogP contribution in [0, 0.1) is 34.5 Å². The molecule has 0 heterocycles. The van der Waals surface area contributed by atoms with E-state index in [1.165, 1.54) is 0 Å². The van der Waals surface area contributed by atoms with Crippen molar-refractivity contribution in [3.05, 3.63) is 83.5 Å². The molecule has 2 aromatic carbocycles. The van der Waals surface area contributed by atoms with E-state index in [1.807, 2.05) is 49.4 Å². The molecule has 0 aliphatic heterocycles. The molecule has 0 aromatic heterocycles. The van der Waals surface area contributed by atoms with Gasteiger partial charge in [-0.3, -0.25) is 0 Å². The fourth-order valence-electron chi connectivity index (χ4n) is 8.52. The molecule has 4 aliphatic rings. The summed E-state index contributed by atoms with van der Waals surface area (Å²) < 4.78 is 6.10. The number of carbonyl (C=O) groups is 1. The Morgan fingerprint density at radius 2 is 1.75 bits per heavy atom. The molecule has 40 heavy (non-hydrogen) atoms.